The lowest BCUT2D eigenvalue weighted by atomic mass is 9.95. The topological polar surface area (TPSA) is 25.2 Å². The van der Waals surface area contributed by atoms with Crippen molar-refractivity contribution in [3.63, 3.8) is 0 Å². The highest BCUT2D eigenvalue weighted by molar-refractivity contribution is 9.10. The number of aliphatic hydroxyl groups excluding tert-OH is 1. The number of aryl methyl sites for hydroxylation is 1. The van der Waals surface area contributed by atoms with Crippen LogP contribution in [-0.2, 0) is 13.0 Å². The predicted octanol–water partition coefficient (Wildman–Crippen LogP) is 3.98. The number of rotatable bonds is 4. The molecule has 2 nitrogen and oxygen atoms in total. The average Bonchev–Trinajstić information content (AvgIpc) is 2.66. The smallest absolute Gasteiger partial charge is 0.0499 e. The summed E-state index contributed by atoms with van der Waals surface area (Å²) in [6.07, 6.45) is 3.25. The van der Waals surface area contributed by atoms with Gasteiger partial charge in [0.1, 0.15) is 0 Å². The monoisotopic (exact) mass is 309 g/mol. The van der Waals surface area contributed by atoms with Crippen molar-refractivity contribution in [1.29, 1.82) is 0 Å². The number of aliphatic hydroxyl groups is 1. The summed E-state index contributed by atoms with van der Waals surface area (Å²) >= 11 is 3.53. The Morgan fingerprint density at radius 2 is 2.06 bits per heavy atom. The zero-order valence-corrected chi connectivity index (χ0v) is 12.8. The van der Waals surface area contributed by atoms with Gasteiger partial charge in [-0.25, -0.2) is 0 Å². The van der Waals surface area contributed by atoms with Crippen molar-refractivity contribution in [1.82, 2.24) is 4.57 Å². The van der Waals surface area contributed by atoms with E-state index in [2.05, 4.69) is 65.7 Å². The van der Waals surface area contributed by atoms with E-state index in [1.54, 1.807) is 0 Å². The average molecular weight is 310 g/mol. The molecule has 0 fully saturated rings. The molecule has 0 aliphatic heterocycles. The van der Waals surface area contributed by atoms with Crippen LogP contribution in [0.15, 0.2) is 28.9 Å². The van der Waals surface area contributed by atoms with Crippen molar-refractivity contribution in [2.45, 2.75) is 33.7 Å². The van der Waals surface area contributed by atoms with Crippen molar-refractivity contribution < 1.29 is 5.11 Å². The molecule has 0 aliphatic rings. The fraction of sp³-hybridized carbons (Fsp3) is 0.467. The molecule has 1 aromatic heterocycles. The zero-order valence-electron chi connectivity index (χ0n) is 11.2. The molecular weight excluding hydrogens is 290 g/mol. The van der Waals surface area contributed by atoms with E-state index < -0.39 is 0 Å². The normalized spacial score (nSPS) is 12.3. The summed E-state index contributed by atoms with van der Waals surface area (Å²) in [5.74, 6) is 0. The van der Waals surface area contributed by atoms with Crippen LogP contribution in [-0.4, -0.2) is 16.3 Å². The van der Waals surface area contributed by atoms with Gasteiger partial charge in [-0.1, -0.05) is 42.8 Å². The first-order valence-electron chi connectivity index (χ1n) is 6.35. The molecule has 0 saturated heterocycles. The molecule has 3 heteroatoms. The standard InChI is InChI=1S/C15H20BrNO/c1-4-11-8-17(9-15(2,3)10-18)14-7-12(16)5-6-13(11)14/h5-8,18H,4,9-10H2,1-3H3. The van der Waals surface area contributed by atoms with E-state index in [-0.39, 0.29) is 12.0 Å². The van der Waals surface area contributed by atoms with E-state index in [1.807, 2.05) is 0 Å². The molecule has 0 amide bonds. The molecule has 0 aliphatic carbocycles. The summed E-state index contributed by atoms with van der Waals surface area (Å²) in [5.41, 5.74) is 2.51. The van der Waals surface area contributed by atoms with Gasteiger partial charge in [0.2, 0.25) is 0 Å². The van der Waals surface area contributed by atoms with Crippen LogP contribution in [0.1, 0.15) is 26.3 Å². The largest absolute Gasteiger partial charge is 0.396 e. The molecule has 98 valence electrons. The Kier molecular flexibility index (Phi) is 3.83. The molecule has 0 unspecified atom stereocenters. The molecule has 0 atom stereocenters. The maximum Gasteiger partial charge on any atom is 0.0499 e. The summed E-state index contributed by atoms with van der Waals surface area (Å²) < 4.78 is 3.36. The SMILES string of the molecule is CCc1cn(CC(C)(C)CO)c2cc(Br)ccc12. The van der Waals surface area contributed by atoms with Gasteiger partial charge in [-0.3, -0.25) is 0 Å². The van der Waals surface area contributed by atoms with E-state index in [9.17, 15) is 5.11 Å². The Bertz CT molecular complexity index is 557. The third kappa shape index (κ3) is 2.62. The summed E-state index contributed by atoms with van der Waals surface area (Å²) in [7, 11) is 0. The molecule has 1 aromatic carbocycles. The van der Waals surface area contributed by atoms with E-state index >= 15 is 0 Å². The highest BCUT2D eigenvalue weighted by Gasteiger charge is 2.19. The van der Waals surface area contributed by atoms with Gasteiger partial charge < -0.3 is 9.67 Å². The van der Waals surface area contributed by atoms with E-state index in [0.717, 1.165) is 17.4 Å². The summed E-state index contributed by atoms with van der Waals surface area (Å²) in [5, 5.41) is 10.7. The van der Waals surface area contributed by atoms with Crippen LogP contribution in [0.3, 0.4) is 0 Å². The maximum absolute atomic E-state index is 9.42. The second-order valence-electron chi connectivity index (χ2n) is 5.62. The van der Waals surface area contributed by atoms with Gasteiger partial charge in [0, 0.05) is 40.1 Å². The third-order valence-corrected chi connectivity index (χ3v) is 3.83. The first kappa shape index (κ1) is 13.6. The number of benzene rings is 1. The molecule has 18 heavy (non-hydrogen) atoms. The highest BCUT2D eigenvalue weighted by atomic mass is 79.9. The van der Waals surface area contributed by atoms with E-state index in [4.69, 9.17) is 0 Å². The lowest BCUT2D eigenvalue weighted by Crippen LogP contribution is -2.23. The van der Waals surface area contributed by atoms with Crippen LogP contribution in [0.2, 0.25) is 0 Å². The van der Waals surface area contributed by atoms with Gasteiger partial charge in [-0.15, -0.1) is 0 Å². The quantitative estimate of drug-likeness (QED) is 0.908. The molecule has 0 bridgehead atoms. The first-order chi connectivity index (χ1) is 8.46. The minimum Gasteiger partial charge on any atom is -0.396 e. The summed E-state index contributed by atoms with van der Waals surface area (Å²) in [6, 6.07) is 6.41. The van der Waals surface area contributed by atoms with Crippen molar-refractivity contribution in [2.75, 3.05) is 6.61 Å². The van der Waals surface area contributed by atoms with Gasteiger partial charge in [-0.05, 0) is 24.1 Å². The number of hydrogen-bond acceptors (Lipinski definition) is 1. The van der Waals surface area contributed by atoms with Crippen LogP contribution >= 0.6 is 15.9 Å². The molecule has 1 N–H and O–H groups in total. The lowest BCUT2D eigenvalue weighted by Gasteiger charge is -2.22. The molecule has 1 heterocycles. The molecular formula is C15H20BrNO. The minimum absolute atomic E-state index is 0.0979. The van der Waals surface area contributed by atoms with Gasteiger partial charge in [0.25, 0.3) is 0 Å². The van der Waals surface area contributed by atoms with Crippen LogP contribution in [0, 0.1) is 5.41 Å². The van der Waals surface area contributed by atoms with Crippen LogP contribution in [0.5, 0.6) is 0 Å². The Morgan fingerprint density at radius 1 is 1.33 bits per heavy atom. The number of fused-ring (bicyclic) bond motifs is 1. The van der Waals surface area contributed by atoms with Crippen molar-refractivity contribution >= 4 is 26.8 Å². The molecule has 0 radical (unpaired) electrons. The minimum atomic E-state index is -0.0979. The predicted molar refractivity (Wildman–Crippen MR) is 79.9 cm³/mol. The number of nitrogens with zero attached hydrogens (tertiary/aromatic N) is 1. The lowest BCUT2D eigenvalue weighted by molar-refractivity contribution is 0.142. The molecule has 2 aromatic rings. The van der Waals surface area contributed by atoms with Crippen LogP contribution < -0.4 is 0 Å². The maximum atomic E-state index is 9.42. The highest BCUT2D eigenvalue weighted by Crippen LogP contribution is 2.28. The number of hydrogen-bond donors (Lipinski definition) is 1. The number of halogens is 1. The van der Waals surface area contributed by atoms with Crippen LogP contribution in [0.4, 0.5) is 0 Å². The fourth-order valence-electron chi connectivity index (χ4n) is 2.26. The number of aromatic nitrogens is 1. The summed E-state index contributed by atoms with van der Waals surface area (Å²) in [4.78, 5) is 0. The third-order valence-electron chi connectivity index (χ3n) is 3.33. The second kappa shape index (κ2) is 5.06. The molecule has 2 rings (SSSR count). The fourth-order valence-corrected chi connectivity index (χ4v) is 2.61. The van der Waals surface area contributed by atoms with Gasteiger partial charge in [-0.2, -0.15) is 0 Å². The second-order valence-corrected chi connectivity index (χ2v) is 6.54. The van der Waals surface area contributed by atoms with Crippen molar-refractivity contribution in [3.05, 3.63) is 34.4 Å². The van der Waals surface area contributed by atoms with E-state index in [1.165, 1.54) is 16.5 Å². The van der Waals surface area contributed by atoms with Crippen molar-refractivity contribution in [3.8, 4) is 0 Å². The van der Waals surface area contributed by atoms with Gasteiger partial charge in [0.15, 0.2) is 0 Å². The first-order valence-corrected chi connectivity index (χ1v) is 7.14. The summed E-state index contributed by atoms with van der Waals surface area (Å²) in [6.45, 7) is 7.38. The Morgan fingerprint density at radius 3 is 2.67 bits per heavy atom. The van der Waals surface area contributed by atoms with E-state index in [0.29, 0.717) is 0 Å². The Labute approximate surface area is 117 Å². The van der Waals surface area contributed by atoms with Gasteiger partial charge >= 0.3 is 0 Å². The van der Waals surface area contributed by atoms with Gasteiger partial charge in [0.05, 0.1) is 0 Å². The Balaban J connectivity index is 2.53. The van der Waals surface area contributed by atoms with Crippen molar-refractivity contribution in [2.24, 2.45) is 5.41 Å². The Hall–Kier alpha value is -0.800. The zero-order chi connectivity index (χ0) is 13.3. The van der Waals surface area contributed by atoms with Crippen LogP contribution in [0.25, 0.3) is 10.9 Å². The molecule has 0 spiro atoms. The molecule has 0 saturated carbocycles.